The molecule has 51 heavy (non-hydrogen) atoms. The molecule has 1 aliphatic rings. The van der Waals surface area contributed by atoms with E-state index in [4.69, 9.17) is 9.97 Å². The van der Waals surface area contributed by atoms with Crippen molar-refractivity contribution >= 4 is 0 Å². The summed E-state index contributed by atoms with van der Waals surface area (Å²) in [5, 5.41) is 9.43. The van der Waals surface area contributed by atoms with E-state index >= 15 is 0 Å². The quantitative estimate of drug-likeness (QED) is 0.180. The van der Waals surface area contributed by atoms with Crippen molar-refractivity contribution in [3.63, 3.8) is 0 Å². The van der Waals surface area contributed by atoms with Crippen LogP contribution in [0.5, 0.6) is 0 Å². The van der Waals surface area contributed by atoms with Crippen molar-refractivity contribution in [3.8, 4) is 62.2 Å². The molecule has 0 aliphatic heterocycles. The van der Waals surface area contributed by atoms with Gasteiger partial charge in [0.25, 0.3) is 0 Å². The van der Waals surface area contributed by atoms with E-state index < -0.39 is 5.41 Å². The molecule has 0 atom stereocenters. The normalized spacial score (nSPS) is 12.5. The van der Waals surface area contributed by atoms with Gasteiger partial charge in [0, 0.05) is 16.7 Å². The number of rotatable bonds is 6. The summed E-state index contributed by atoms with van der Waals surface area (Å²) in [4.78, 5) is 10.2. The molecule has 0 radical (unpaired) electrons. The third kappa shape index (κ3) is 5.14. The number of nitriles is 1. The lowest BCUT2D eigenvalue weighted by Crippen LogP contribution is -2.28. The number of nitrogens with zero attached hydrogens (tertiary/aromatic N) is 3. The maximum atomic E-state index is 9.43. The van der Waals surface area contributed by atoms with Gasteiger partial charge in [-0.05, 0) is 74.8 Å². The molecule has 0 N–H and O–H groups in total. The van der Waals surface area contributed by atoms with E-state index in [1.807, 2.05) is 60.7 Å². The van der Waals surface area contributed by atoms with E-state index in [1.54, 1.807) is 0 Å². The van der Waals surface area contributed by atoms with Crippen molar-refractivity contribution in [1.29, 1.82) is 5.26 Å². The lowest BCUT2D eigenvalue weighted by Gasteiger charge is -2.34. The van der Waals surface area contributed by atoms with Crippen molar-refractivity contribution in [2.45, 2.75) is 5.41 Å². The molecule has 7 aromatic carbocycles. The predicted molar refractivity (Wildman–Crippen MR) is 206 cm³/mol. The summed E-state index contributed by atoms with van der Waals surface area (Å²) in [6, 6.07) is 68.1. The van der Waals surface area contributed by atoms with Crippen LogP contribution in [-0.2, 0) is 5.41 Å². The van der Waals surface area contributed by atoms with Crippen LogP contribution < -0.4 is 0 Å². The molecule has 1 heterocycles. The highest BCUT2D eigenvalue weighted by molar-refractivity contribution is 5.87. The molecule has 0 fully saturated rings. The third-order valence-corrected chi connectivity index (χ3v) is 10.0. The number of benzene rings is 7. The summed E-state index contributed by atoms with van der Waals surface area (Å²) in [5.74, 6) is 0.693. The minimum absolute atomic E-state index is 0.594. The first-order valence-electron chi connectivity index (χ1n) is 17.1. The number of hydrogen-bond acceptors (Lipinski definition) is 3. The Morgan fingerprint density at radius 3 is 1.49 bits per heavy atom. The first-order valence-corrected chi connectivity index (χ1v) is 17.1. The molecule has 238 valence electrons. The van der Waals surface area contributed by atoms with Gasteiger partial charge in [0.1, 0.15) is 0 Å². The van der Waals surface area contributed by atoms with Crippen LogP contribution in [0.15, 0.2) is 188 Å². The molecular weight excluding hydrogens is 619 g/mol. The fourth-order valence-corrected chi connectivity index (χ4v) is 7.67. The molecule has 0 saturated carbocycles. The summed E-state index contributed by atoms with van der Waals surface area (Å²) in [6.45, 7) is 0. The van der Waals surface area contributed by atoms with Crippen LogP contribution in [0.25, 0.3) is 56.2 Å². The Balaban J connectivity index is 1.29. The zero-order valence-corrected chi connectivity index (χ0v) is 27.7. The highest BCUT2D eigenvalue weighted by Gasteiger charge is 2.46. The molecule has 0 spiro atoms. The molecule has 0 saturated heterocycles. The lowest BCUT2D eigenvalue weighted by molar-refractivity contribution is 0.769. The first-order chi connectivity index (χ1) is 25.2. The summed E-state index contributed by atoms with van der Waals surface area (Å²) < 4.78 is 0. The second kappa shape index (κ2) is 12.5. The van der Waals surface area contributed by atoms with Gasteiger partial charge in [-0.2, -0.15) is 5.26 Å². The van der Waals surface area contributed by atoms with Crippen molar-refractivity contribution in [2.75, 3.05) is 0 Å². The van der Waals surface area contributed by atoms with E-state index in [0.717, 1.165) is 44.8 Å². The standard InChI is InChI=1S/C48H31N3/c49-32-33-25-27-34(28-26-33)37-17-11-19-39(29-37)48(43-23-9-7-21-41(43)42-22-8-10-24-44(42)48)40-20-12-18-38(30-40)46-31-45(35-13-3-1-4-14-35)50-47(51-46)36-15-5-2-6-16-36/h1-31H. The van der Waals surface area contributed by atoms with E-state index in [1.165, 1.54) is 27.8 Å². The molecular formula is C48H31N3. The van der Waals surface area contributed by atoms with Crippen LogP contribution in [0.2, 0.25) is 0 Å². The van der Waals surface area contributed by atoms with Gasteiger partial charge >= 0.3 is 0 Å². The first kappa shape index (κ1) is 30.2. The summed E-state index contributed by atoms with van der Waals surface area (Å²) in [6.07, 6.45) is 0. The number of hydrogen-bond donors (Lipinski definition) is 0. The Labute approximate surface area is 297 Å². The molecule has 1 aliphatic carbocycles. The van der Waals surface area contributed by atoms with E-state index in [-0.39, 0.29) is 0 Å². The maximum Gasteiger partial charge on any atom is 0.160 e. The van der Waals surface area contributed by atoms with Gasteiger partial charge in [0.15, 0.2) is 5.82 Å². The molecule has 3 heteroatoms. The van der Waals surface area contributed by atoms with Gasteiger partial charge in [-0.15, -0.1) is 0 Å². The lowest BCUT2D eigenvalue weighted by atomic mass is 9.67. The minimum Gasteiger partial charge on any atom is -0.228 e. The number of fused-ring (bicyclic) bond motifs is 3. The summed E-state index contributed by atoms with van der Waals surface area (Å²) >= 11 is 0. The Morgan fingerprint density at radius 2 is 0.882 bits per heavy atom. The second-order valence-corrected chi connectivity index (χ2v) is 12.9. The van der Waals surface area contributed by atoms with E-state index in [2.05, 4.69) is 133 Å². The Bertz CT molecular complexity index is 2480. The monoisotopic (exact) mass is 649 g/mol. The van der Waals surface area contributed by atoms with E-state index in [9.17, 15) is 5.26 Å². The SMILES string of the molecule is N#Cc1ccc(-c2cccc(C3(c4cccc(-c5cc(-c6ccccc6)nc(-c6ccccc6)n5)c4)c4ccccc4-c4ccccc43)c2)cc1. The highest BCUT2D eigenvalue weighted by atomic mass is 14.9. The molecule has 0 bridgehead atoms. The van der Waals surface area contributed by atoms with Crippen LogP contribution in [-0.4, -0.2) is 9.97 Å². The largest absolute Gasteiger partial charge is 0.228 e. The summed E-state index contributed by atoms with van der Waals surface area (Å²) in [5.41, 5.74) is 14.3. The van der Waals surface area contributed by atoms with Gasteiger partial charge in [0.2, 0.25) is 0 Å². The third-order valence-electron chi connectivity index (χ3n) is 10.0. The Kier molecular flexibility index (Phi) is 7.42. The molecule has 9 rings (SSSR count). The minimum atomic E-state index is -0.594. The highest BCUT2D eigenvalue weighted by Crippen LogP contribution is 2.56. The van der Waals surface area contributed by atoms with Crippen LogP contribution in [0, 0.1) is 11.3 Å². The zero-order chi connectivity index (χ0) is 34.2. The fraction of sp³-hybridized carbons (Fsp3) is 0.0208. The molecule has 3 nitrogen and oxygen atoms in total. The molecule has 0 unspecified atom stereocenters. The van der Waals surface area contributed by atoms with Crippen molar-refractivity contribution in [2.24, 2.45) is 0 Å². The van der Waals surface area contributed by atoms with Gasteiger partial charge < -0.3 is 0 Å². The van der Waals surface area contributed by atoms with Gasteiger partial charge in [0.05, 0.1) is 28.4 Å². The van der Waals surface area contributed by atoms with Crippen LogP contribution >= 0.6 is 0 Å². The maximum absolute atomic E-state index is 9.43. The topological polar surface area (TPSA) is 49.6 Å². The molecule has 1 aromatic heterocycles. The molecule has 8 aromatic rings. The van der Waals surface area contributed by atoms with Crippen LogP contribution in [0.3, 0.4) is 0 Å². The Hall–Kier alpha value is -6.89. The van der Waals surface area contributed by atoms with Gasteiger partial charge in [-0.25, -0.2) is 9.97 Å². The van der Waals surface area contributed by atoms with Gasteiger partial charge in [-0.3, -0.25) is 0 Å². The predicted octanol–water partition coefficient (Wildman–Crippen LogP) is 11.4. The van der Waals surface area contributed by atoms with E-state index in [0.29, 0.717) is 11.4 Å². The van der Waals surface area contributed by atoms with Gasteiger partial charge in [-0.1, -0.05) is 158 Å². The fourth-order valence-electron chi connectivity index (χ4n) is 7.67. The van der Waals surface area contributed by atoms with Crippen LogP contribution in [0.1, 0.15) is 27.8 Å². The van der Waals surface area contributed by atoms with Crippen molar-refractivity contribution < 1.29 is 0 Å². The average Bonchev–Trinajstić information content (AvgIpc) is 3.53. The smallest absolute Gasteiger partial charge is 0.160 e. The average molecular weight is 650 g/mol. The second-order valence-electron chi connectivity index (χ2n) is 12.9. The number of aromatic nitrogens is 2. The van der Waals surface area contributed by atoms with Crippen molar-refractivity contribution in [3.05, 3.63) is 216 Å². The summed E-state index contributed by atoms with van der Waals surface area (Å²) in [7, 11) is 0. The van der Waals surface area contributed by atoms with Crippen LogP contribution in [0.4, 0.5) is 0 Å². The zero-order valence-electron chi connectivity index (χ0n) is 27.7. The molecule has 0 amide bonds. The van der Waals surface area contributed by atoms with Crippen molar-refractivity contribution in [1.82, 2.24) is 9.97 Å². The Morgan fingerprint density at radius 1 is 0.392 bits per heavy atom.